The van der Waals surface area contributed by atoms with E-state index in [9.17, 15) is 4.79 Å². The van der Waals surface area contributed by atoms with Crippen molar-refractivity contribution in [1.29, 1.82) is 0 Å². The molecule has 1 saturated carbocycles. The lowest BCUT2D eigenvalue weighted by molar-refractivity contribution is -0.141. The van der Waals surface area contributed by atoms with Crippen LogP contribution in [0.15, 0.2) is 9.85 Å². The summed E-state index contributed by atoms with van der Waals surface area (Å²) in [5, 5.41) is 7.74. The van der Waals surface area contributed by atoms with Crippen molar-refractivity contribution < 1.29 is 9.53 Å². The van der Waals surface area contributed by atoms with Gasteiger partial charge in [-0.15, -0.1) is 10.2 Å². The van der Waals surface area contributed by atoms with E-state index < -0.39 is 0 Å². The summed E-state index contributed by atoms with van der Waals surface area (Å²) in [6.45, 7) is 0. The van der Waals surface area contributed by atoms with Gasteiger partial charge in [-0.2, -0.15) is 0 Å². The molecule has 1 aromatic rings. The summed E-state index contributed by atoms with van der Waals surface area (Å²) in [6, 6.07) is 0. The Morgan fingerprint density at radius 3 is 3.07 bits per heavy atom. The molecule has 0 bridgehead atoms. The van der Waals surface area contributed by atoms with Gasteiger partial charge in [-0.1, -0.05) is 23.1 Å². The minimum Gasteiger partial charge on any atom is -0.469 e. The van der Waals surface area contributed by atoms with Gasteiger partial charge in [0.2, 0.25) is 0 Å². The minimum absolute atomic E-state index is 0.106. The van der Waals surface area contributed by atoms with E-state index in [4.69, 9.17) is 0 Å². The smallest absolute Gasteiger partial charge is 0.306 e. The number of hydrogen-bond acceptors (Lipinski definition) is 6. The van der Waals surface area contributed by atoms with Crippen molar-refractivity contribution in [2.24, 2.45) is 5.41 Å². The van der Waals surface area contributed by atoms with E-state index in [1.54, 1.807) is 28.6 Å². The first kappa shape index (κ1) is 10.9. The minimum atomic E-state index is -0.106. The molecule has 0 saturated heterocycles. The second-order valence-corrected chi connectivity index (χ2v) is 5.80. The monoisotopic (exact) mass is 244 g/mol. The van der Waals surface area contributed by atoms with Crippen LogP contribution in [0, 0.1) is 5.41 Å². The predicted octanol–water partition coefficient (Wildman–Crippen LogP) is 1.97. The fourth-order valence-corrected chi connectivity index (χ4v) is 3.15. The molecular formula is C9H12N2O2S2. The van der Waals surface area contributed by atoms with E-state index in [-0.39, 0.29) is 11.4 Å². The van der Waals surface area contributed by atoms with Crippen molar-refractivity contribution in [2.75, 3.05) is 12.9 Å². The fraction of sp³-hybridized carbons (Fsp3) is 0.667. The summed E-state index contributed by atoms with van der Waals surface area (Å²) in [5.41, 5.74) is 1.89. The maximum atomic E-state index is 11.2. The Morgan fingerprint density at radius 1 is 1.73 bits per heavy atom. The molecule has 2 rings (SSSR count). The third-order valence-corrected chi connectivity index (χ3v) is 4.76. The van der Waals surface area contributed by atoms with Gasteiger partial charge < -0.3 is 4.74 Å². The van der Waals surface area contributed by atoms with Crippen molar-refractivity contribution in [1.82, 2.24) is 10.2 Å². The number of carbonyl (C=O) groups is 1. The summed E-state index contributed by atoms with van der Waals surface area (Å²) in [5.74, 6) is 0.836. The lowest BCUT2D eigenvalue weighted by Gasteiger charge is -2.11. The van der Waals surface area contributed by atoms with E-state index in [0.717, 1.165) is 22.9 Å². The van der Waals surface area contributed by atoms with Gasteiger partial charge in [0.25, 0.3) is 0 Å². The summed E-state index contributed by atoms with van der Waals surface area (Å²) in [6.07, 6.45) is 2.77. The zero-order valence-electron chi connectivity index (χ0n) is 8.43. The number of aromatic nitrogens is 2. The zero-order chi connectivity index (χ0) is 10.7. The molecule has 0 radical (unpaired) electrons. The molecule has 1 aliphatic rings. The van der Waals surface area contributed by atoms with Crippen LogP contribution in [0.3, 0.4) is 0 Å². The van der Waals surface area contributed by atoms with E-state index in [1.807, 2.05) is 0 Å². The van der Waals surface area contributed by atoms with Crippen molar-refractivity contribution in [3.05, 3.63) is 5.51 Å². The van der Waals surface area contributed by atoms with Crippen LogP contribution in [0.25, 0.3) is 0 Å². The van der Waals surface area contributed by atoms with Gasteiger partial charge in [0.1, 0.15) is 5.51 Å². The molecule has 1 aromatic heterocycles. The third-order valence-electron chi connectivity index (χ3n) is 2.55. The van der Waals surface area contributed by atoms with Crippen LogP contribution < -0.4 is 0 Å². The van der Waals surface area contributed by atoms with Gasteiger partial charge in [0.15, 0.2) is 4.34 Å². The SMILES string of the molecule is COC(=O)CC1(CSc2nncs2)CC1. The first-order chi connectivity index (χ1) is 7.24. The van der Waals surface area contributed by atoms with Crippen LogP contribution in [-0.2, 0) is 9.53 Å². The molecule has 1 heterocycles. The molecule has 15 heavy (non-hydrogen) atoms. The Morgan fingerprint density at radius 2 is 2.53 bits per heavy atom. The second kappa shape index (κ2) is 4.49. The number of carbonyl (C=O) groups excluding carboxylic acids is 1. The molecule has 0 atom stereocenters. The molecule has 0 aromatic carbocycles. The lowest BCUT2D eigenvalue weighted by atomic mass is 10.1. The molecule has 0 N–H and O–H groups in total. The molecule has 4 nitrogen and oxygen atoms in total. The first-order valence-electron chi connectivity index (χ1n) is 4.70. The van der Waals surface area contributed by atoms with E-state index in [1.165, 1.54) is 7.11 Å². The number of methoxy groups -OCH3 is 1. The molecule has 1 fully saturated rings. The number of hydrogen-bond donors (Lipinski definition) is 0. The van der Waals surface area contributed by atoms with Crippen molar-refractivity contribution >= 4 is 29.1 Å². The van der Waals surface area contributed by atoms with Crippen LogP contribution in [0.5, 0.6) is 0 Å². The van der Waals surface area contributed by atoms with Gasteiger partial charge in [-0.05, 0) is 18.3 Å². The molecule has 6 heteroatoms. The molecule has 0 unspecified atom stereocenters. The summed E-state index contributed by atoms with van der Waals surface area (Å²) < 4.78 is 5.67. The van der Waals surface area contributed by atoms with Crippen LogP contribution in [0.2, 0.25) is 0 Å². The average molecular weight is 244 g/mol. The summed E-state index contributed by atoms with van der Waals surface area (Å²) in [7, 11) is 1.44. The Bertz CT molecular complexity index is 336. The fourth-order valence-electron chi connectivity index (χ4n) is 1.37. The largest absolute Gasteiger partial charge is 0.469 e. The highest BCUT2D eigenvalue weighted by atomic mass is 32.2. The van der Waals surface area contributed by atoms with Crippen LogP contribution in [0.4, 0.5) is 0 Å². The van der Waals surface area contributed by atoms with Gasteiger partial charge in [0, 0.05) is 5.75 Å². The molecule has 0 spiro atoms. The first-order valence-corrected chi connectivity index (χ1v) is 6.56. The highest BCUT2D eigenvalue weighted by molar-refractivity contribution is 8.01. The van der Waals surface area contributed by atoms with Gasteiger partial charge in [0.05, 0.1) is 13.5 Å². The molecule has 0 aliphatic heterocycles. The highest BCUT2D eigenvalue weighted by Crippen LogP contribution is 2.52. The Hall–Kier alpha value is -0.620. The topological polar surface area (TPSA) is 52.1 Å². The highest BCUT2D eigenvalue weighted by Gasteiger charge is 2.44. The number of nitrogens with zero attached hydrogens (tertiary/aromatic N) is 2. The Labute approximate surface area is 96.4 Å². The summed E-state index contributed by atoms with van der Waals surface area (Å²) in [4.78, 5) is 11.2. The number of thioether (sulfide) groups is 1. The van der Waals surface area contributed by atoms with Crippen molar-refractivity contribution in [3.63, 3.8) is 0 Å². The number of ether oxygens (including phenoxy) is 1. The lowest BCUT2D eigenvalue weighted by Crippen LogP contribution is -2.12. The maximum absolute atomic E-state index is 11.2. The Balaban J connectivity index is 1.81. The second-order valence-electron chi connectivity index (χ2n) is 3.75. The molecule has 0 amide bonds. The van der Waals surface area contributed by atoms with Crippen LogP contribution in [0.1, 0.15) is 19.3 Å². The van der Waals surface area contributed by atoms with Crippen molar-refractivity contribution in [3.8, 4) is 0 Å². The average Bonchev–Trinajstić information content (AvgIpc) is 2.81. The van der Waals surface area contributed by atoms with Gasteiger partial charge in [-0.3, -0.25) is 4.79 Å². The van der Waals surface area contributed by atoms with Gasteiger partial charge in [-0.25, -0.2) is 0 Å². The zero-order valence-corrected chi connectivity index (χ0v) is 10.1. The van der Waals surface area contributed by atoms with Crippen LogP contribution >= 0.6 is 23.1 Å². The predicted molar refractivity (Wildman–Crippen MR) is 58.9 cm³/mol. The van der Waals surface area contributed by atoms with Gasteiger partial charge >= 0.3 is 5.97 Å². The molecular weight excluding hydrogens is 232 g/mol. The molecule has 1 aliphatic carbocycles. The summed E-state index contributed by atoms with van der Waals surface area (Å²) >= 11 is 3.23. The van der Waals surface area contributed by atoms with E-state index in [0.29, 0.717) is 6.42 Å². The van der Waals surface area contributed by atoms with Crippen LogP contribution in [-0.4, -0.2) is 29.0 Å². The molecule has 82 valence electrons. The number of esters is 1. The third kappa shape index (κ3) is 2.92. The number of rotatable bonds is 5. The van der Waals surface area contributed by atoms with E-state index in [2.05, 4.69) is 14.9 Å². The van der Waals surface area contributed by atoms with Crippen molar-refractivity contribution in [2.45, 2.75) is 23.6 Å². The maximum Gasteiger partial charge on any atom is 0.306 e. The Kier molecular flexibility index (Phi) is 3.25. The standard InChI is InChI=1S/C9H12N2O2S2/c1-13-7(12)4-9(2-3-9)5-14-8-11-10-6-15-8/h6H,2-5H2,1H3. The van der Waals surface area contributed by atoms with E-state index >= 15 is 0 Å². The normalized spacial score (nSPS) is 17.4. The quantitative estimate of drug-likeness (QED) is 0.585.